The molecular weight excluding hydrogens is 1610 g/mol. The Morgan fingerprint density at radius 1 is 0.391 bits per heavy atom. The maximum atomic E-state index is 12.2. The zero-order chi connectivity index (χ0) is 91.9. The van der Waals surface area contributed by atoms with Crippen molar-refractivity contribution in [2.24, 2.45) is 17.2 Å². The number of fused-ring (bicyclic) bond motifs is 5. The van der Waals surface area contributed by atoms with E-state index in [1.807, 2.05) is 211 Å². The number of ether oxygens (including phenoxy) is 4. The van der Waals surface area contributed by atoms with Gasteiger partial charge in [0.1, 0.15) is 64.7 Å². The van der Waals surface area contributed by atoms with Gasteiger partial charge in [-0.1, -0.05) is 67.1 Å². The maximum absolute atomic E-state index is 12.2. The lowest BCUT2D eigenvalue weighted by Crippen LogP contribution is -2.43. The van der Waals surface area contributed by atoms with Gasteiger partial charge in [0.05, 0.1) is 83.3 Å². The molecule has 0 saturated carbocycles. The molecule has 26 heteroatoms. The molecule has 6 amide bonds. The summed E-state index contributed by atoms with van der Waals surface area (Å²) in [4.78, 5) is 58.3. The lowest BCUT2D eigenvalue weighted by atomic mass is 10.1. The minimum atomic E-state index is -0.502. The highest BCUT2D eigenvalue weighted by Gasteiger charge is 2.22. The maximum Gasteiger partial charge on any atom is 0.411 e. The molecule has 0 unspecified atom stereocenters. The molecule has 15 rings (SSSR count). The number of methoxy groups -OCH3 is 3. The third kappa shape index (κ3) is 21.4. The Kier molecular flexibility index (Phi) is 29.6. The van der Waals surface area contributed by atoms with Gasteiger partial charge in [-0.15, -0.1) is 0 Å². The number of carbonyl (C=O) groups excluding carboxylic acids is 5. The van der Waals surface area contributed by atoms with E-state index in [1.54, 1.807) is 113 Å². The summed E-state index contributed by atoms with van der Waals surface area (Å²) < 4.78 is 30.3. The van der Waals surface area contributed by atoms with Gasteiger partial charge in [0.25, 0.3) is 0 Å². The van der Waals surface area contributed by atoms with Gasteiger partial charge in [0.15, 0.2) is 0 Å². The number of amides is 6. The van der Waals surface area contributed by atoms with Gasteiger partial charge in [-0.3, -0.25) is 19.7 Å². The van der Waals surface area contributed by atoms with Crippen LogP contribution in [0.15, 0.2) is 231 Å². The van der Waals surface area contributed by atoms with Crippen LogP contribution in [0.1, 0.15) is 148 Å². The second-order valence-electron chi connectivity index (χ2n) is 29.5. The fourth-order valence-electron chi connectivity index (χ4n) is 14.0. The first kappa shape index (κ1) is 90.9. The van der Waals surface area contributed by atoms with E-state index in [4.69, 9.17) is 41.9 Å². The largest absolute Gasteiger partial charge is 0.497 e. The van der Waals surface area contributed by atoms with Crippen molar-refractivity contribution >= 4 is 101 Å². The standard InChI is InChI=1S/C21H22N4O2.C21H17N3O2.C20H16N4O.C20H19N3O3.C20H15N3O/c1-21(2,3)24-20(26)23-15-5-10-18-14(12-22)13-25(19(18)11-15)16-6-8-17(27-4)9-7-16;1-3-24-19(10-7-14-5-4-6-16(11-14)26-2)18(13-22)17-9-8-15(21(23)25)12-20(17)24;1-2-24-18(10-5-13-3-7-15(22)8-4-13)17(12-21)16-9-6-14(20(23)25)11-19(16)24;1-3-10-26-20(24)22-15-4-9-18-14(12-21)13-23(19(18)11-15)16-5-7-17(25-2)8-6-16;1-2-23-18(11-8-14-6-4-3-5-7-14)17(13-21)16-10-9-15(20(22)24)12-19(16)23/h5-11,13H,1-4H3,(H2,23,24,26);4-6,8-9,11-12H,3H2,1-2H3,(H2,23,25);3-4,6-9,11H,2,22H2,1H3,(H2,23,25);4-9,11,13H,3,10H2,1-2H3,(H,22,24);3-7,9-10,12H,2H2,1H3,(H2,22,24). The molecule has 26 nitrogen and oxygen atoms in total. The fraction of sp³-hybridized carbons (Fsp3) is 0.157. The fourth-order valence-corrected chi connectivity index (χ4v) is 14.0. The molecule has 0 fully saturated rings. The summed E-state index contributed by atoms with van der Waals surface area (Å²) in [7, 11) is 4.84. The van der Waals surface area contributed by atoms with E-state index >= 15 is 0 Å². The third-order valence-corrected chi connectivity index (χ3v) is 20.0. The first-order valence-corrected chi connectivity index (χ1v) is 40.4. The molecule has 5 aromatic heterocycles. The number of hydrogen-bond acceptors (Lipinski definition) is 15. The van der Waals surface area contributed by atoms with E-state index in [9.17, 15) is 50.3 Å². The Bertz CT molecular complexity index is 7190. The van der Waals surface area contributed by atoms with E-state index in [0.29, 0.717) is 105 Å². The number of nitrogens with two attached hydrogens (primary N) is 4. The normalized spacial score (nSPS) is 10.3. The molecule has 11 N–H and O–H groups in total. The van der Waals surface area contributed by atoms with Crippen molar-refractivity contribution in [1.29, 1.82) is 26.3 Å². The van der Waals surface area contributed by atoms with Gasteiger partial charge in [0.2, 0.25) is 17.7 Å². The van der Waals surface area contributed by atoms with Crippen molar-refractivity contribution in [3.05, 3.63) is 309 Å². The average molecular weight is 1700 g/mol. The number of anilines is 3. The predicted molar refractivity (Wildman–Crippen MR) is 497 cm³/mol. The number of primary amides is 3. The first-order valence-electron chi connectivity index (χ1n) is 40.4. The molecule has 0 atom stereocenters. The zero-order valence-corrected chi connectivity index (χ0v) is 71.9. The molecule has 128 heavy (non-hydrogen) atoms. The Hall–Kier alpha value is -17.8. The lowest BCUT2D eigenvalue weighted by molar-refractivity contribution is 0.0992. The Morgan fingerprint density at radius 2 is 0.773 bits per heavy atom. The van der Waals surface area contributed by atoms with Crippen molar-refractivity contribution < 1.29 is 42.9 Å². The first-order chi connectivity index (χ1) is 61.7. The number of rotatable bonds is 15. The average Bonchev–Trinajstić information content (AvgIpc) is 1.61. The monoisotopic (exact) mass is 1700 g/mol. The Labute approximate surface area is 739 Å². The summed E-state index contributed by atoms with van der Waals surface area (Å²) in [6.45, 7) is 15.8. The number of benzene rings is 10. The molecular formula is C102H89N17O9. The van der Waals surface area contributed by atoms with Crippen molar-refractivity contribution in [1.82, 2.24) is 28.2 Å². The molecule has 10 aromatic carbocycles. The minimum Gasteiger partial charge on any atom is -0.497 e. The van der Waals surface area contributed by atoms with Crippen LogP contribution in [0, 0.1) is 92.2 Å². The number of aryl methyl sites for hydroxylation is 3. The summed E-state index contributed by atoms with van der Waals surface area (Å²) in [5, 5.41) is 60.1. The number of aromatic nitrogens is 5. The van der Waals surface area contributed by atoms with Gasteiger partial charge >= 0.3 is 12.1 Å². The van der Waals surface area contributed by atoms with Crippen LogP contribution in [0.4, 0.5) is 26.7 Å². The van der Waals surface area contributed by atoms with Crippen LogP contribution in [0.5, 0.6) is 17.2 Å². The van der Waals surface area contributed by atoms with Crippen LogP contribution >= 0.6 is 0 Å². The quantitative estimate of drug-likeness (QED) is 0.0370. The van der Waals surface area contributed by atoms with E-state index in [2.05, 4.69) is 81.8 Å². The van der Waals surface area contributed by atoms with Crippen LogP contribution < -0.4 is 53.1 Å². The molecule has 0 radical (unpaired) electrons. The second kappa shape index (κ2) is 41.6. The van der Waals surface area contributed by atoms with Gasteiger partial charge in [-0.25, -0.2) is 9.59 Å². The SMILES string of the molecule is CCCOC(=O)Nc1ccc2c(C#N)cn(-c3ccc(OC)cc3)c2c1.CCn1c(C#Cc2ccc(N)cc2)c(C#N)c2ccc(C(N)=O)cc21.CCn1c(C#Cc2cccc(OC)c2)c(C#N)c2ccc(C(N)=O)cc21.CCn1c(C#Cc2ccccc2)c(C#N)c2ccc(C(N)=O)cc21.COc1ccc(-n2cc(C#N)c3ccc(NC(=O)NC(C)(C)C)cc32)cc1. The van der Waals surface area contributed by atoms with Crippen molar-refractivity contribution in [2.75, 3.05) is 44.3 Å². The zero-order valence-electron chi connectivity index (χ0n) is 71.9. The van der Waals surface area contributed by atoms with E-state index < -0.39 is 23.8 Å². The molecule has 0 aliphatic heterocycles. The molecule has 0 aliphatic rings. The topological polar surface area (TPSA) is 406 Å². The number of urea groups is 1. The number of nitrogens with one attached hydrogen (secondary N) is 3. The number of nitrogens with zero attached hydrogens (tertiary/aromatic N) is 10. The molecule has 0 saturated heterocycles. The summed E-state index contributed by atoms with van der Waals surface area (Å²) >= 11 is 0. The number of hydrogen-bond donors (Lipinski definition) is 7. The Morgan fingerprint density at radius 3 is 1.14 bits per heavy atom. The smallest absolute Gasteiger partial charge is 0.411 e. The van der Waals surface area contributed by atoms with Crippen molar-refractivity contribution in [3.63, 3.8) is 0 Å². The molecule has 15 aromatic rings. The summed E-state index contributed by atoms with van der Waals surface area (Å²) in [5.41, 5.74) is 37.5. The van der Waals surface area contributed by atoms with Gasteiger partial charge in [-0.05, 0) is 242 Å². The van der Waals surface area contributed by atoms with Crippen LogP contribution in [0.25, 0.3) is 65.9 Å². The molecule has 0 aliphatic carbocycles. The van der Waals surface area contributed by atoms with Crippen LogP contribution in [-0.2, 0) is 24.4 Å². The van der Waals surface area contributed by atoms with Crippen LogP contribution in [0.3, 0.4) is 0 Å². The number of nitriles is 5. The van der Waals surface area contributed by atoms with E-state index in [-0.39, 0.29) is 11.6 Å². The highest BCUT2D eigenvalue weighted by molar-refractivity contribution is 6.02. The van der Waals surface area contributed by atoms with Gasteiger partial charge in [0, 0.05) is 126 Å². The second-order valence-corrected chi connectivity index (χ2v) is 29.5. The molecule has 0 bridgehead atoms. The van der Waals surface area contributed by atoms with Crippen LogP contribution in [-0.4, -0.2) is 86.2 Å². The highest BCUT2D eigenvalue weighted by atomic mass is 16.5. The number of carbonyl (C=O) groups is 5. The molecule has 0 spiro atoms. The summed E-state index contributed by atoms with van der Waals surface area (Å²) in [5.74, 6) is 19.3. The van der Waals surface area contributed by atoms with Gasteiger partial charge in [-0.2, -0.15) is 26.3 Å². The van der Waals surface area contributed by atoms with Gasteiger partial charge < -0.3 is 75.4 Å². The van der Waals surface area contributed by atoms with Crippen molar-refractivity contribution in [2.45, 2.75) is 80.1 Å². The molecule has 636 valence electrons. The van der Waals surface area contributed by atoms with E-state index in [0.717, 1.165) is 106 Å². The predicted octanol–water partition coefficient (Wildman–Crippen LogP) is 17.6. The highest BCUT2D eigenvalue weighted by Crippen LogP contribution is 2.34. The lowest BCUT2D eigenvalue weighted by Gasteiger charge is -2.20. The summed E-state index contributed by atoms with van der Waals surface area (Å²) in [6.07, 6.45) is 3.85. The minimum absolute atomic E-state index is 0.273. The van der Waals surface area contributed by atoms with E-state index in [1.165, 1.54) is 0 Å². The number of nitrogen functional groups attached to an aromatic ring is 1. The van der Waals surface area contributed by atoms with Crippen LogP contribution in [0.2, 0.25) is 0 Å². The summed E-state index contributed by atoms with van der Waals surface area (Å²) in [6, 6.07) is 76.4. The third-order valence-electron chi connectivity index (χ3n) is 20.0. The Balaban J connectivity index is 0.000000155. The van der Waals surface area contributed by atoms with Crippen molar-refractivity contribution in [3.8, 4) is 94.5 Å². The molecule has 5 heterocycles.